The second kappa shape index (κ2) is 4.60. The number of aliphatic hydroxyl groups is 1. The molecule has 1 fully saturated rings. The fraction of sp³-hybridized carbons (Fsp3) is 1.00. The van der Waals surface area contributed by atoms with E-state index in [1.165, 1.54) is 0 Å². The molecule has 0 radical (unpaired) electrons. The van der Waals surface area contributed by atoms with Gasteiger partial charge in [0, 0.05) is 6.42 Å². The van der Waals surface area contributed by atoms with Crippen LogP contribution >= 0.6 is 11.8 Å². The zero-order valence-electron chi connectivity index (χ0n) is 7.80. The van der Waals surface area contributed by atoms with Crippen LogP contribution in [-0.4, -0.2) is 28.6 Å². The summed E-state index contributed by atoms with van der Waals surface area (Å²) >= 11 is 1.74. The minimum absolute atomic E-state index is 0.0864. The Labute approximate surface area is 81.9 Å². The second-order valence-electron chi connectivity index (χ2n) is 3.72. The first kappa shape index (κ1) is 11.2. The lowest BCUT2D eigenvalue weighted by Gasteiger charge is -2.27. The van der Waals surface area contributed by atoms with E-state index in [-0.39, 0.29) is 12.3 Å². The Morgan fingerprint density at radius 1 is 1.62 bits per heavy atom. The molecule has 2 atom stereocenters. The molecule has 1 aliphatic rings. The summed E-state index contributed by atoms with van der Waals surface area (Å²) in [6.45, 7) is 1.16. The first-order valence-corrected chi connectivity index (χ1v) is 5.81. The molecule has 0 aromatic carbocycles. The molecule has 0 aromatic rings. The molecule has 1 rings (SSSR count). The van der Waals surface area contributed by atoms with Crippen molar-refractivity contribution in [3.8, 4) is 0 Å². The Morgan fingerprint density at radius 2 is 2.31 bits per heavy atom. The number of alkyl halides is 2. The topological polar surface area (TPSA) is 20.2 Å². The van der Waals surface area contributed by atoms with E-state index < -0.39 is 12.0 Å². The normalized spacial score (nSPS) is 27.2. The number of halogens is 2. The number of hydrogen-bond acceptors (Lipinski definition) is 2. The molecule has 0 spiro atoms. The molecular weight excluding hydrogens is 194 g/mol. The lowest BCUT2D eigenvalue weighted by atomic mass is 9.95. The average Bonchev–Trinajstić information content (AvgIpc) is 2.05. The summed E-state index contributed by atoms with van der Waals surface area (Å²) in [6, 6.07) is 0. The van der Waals surface area contributed by atoms with Gasteiger partial charge in [-0.15, -0.1) is 0 Å². The molecule has 0 aromatic heterocycles. The van der Waals surface area contributed by atoms with Crippen LogP contribution in [0.15, 0.2) is 0 Å². The molecule has 2 unspecified atom stereocenters. The van der Waals surface area contributed by atoms with E-state index in [0.717, 1.165) is 31.3 Å². The van der Waals surface area contributed by atoms with Crippen molar-refractivity contribution < 1.29 is 13.9 Å². The third-order valence-corrected chi connectivity index (χ3v) is 3.71. The predicted octanol–water partition coefficient (Wildman–Crippen LogP) is 2.54. The van der Waals surface area contributed by atoms with E-state index in [4.69, 9.17) is 5.11 Å². The SMILES string of the molecule is CC(O)C(F)(F)CC1CCCSC1. The van der Waals surface area contributed by atoms with Gasteiger partial charge in [-0.3, -0.25) is 0 Å². The largest absolute Gasteiger partial charge is 0.387 e. The maximum atomic E-state index is 13.1. The van der Waals surface area contributed by atoms with E-state index in [2.05, 4.69) is 0 Å². The van der Waals surface area contributed by atoms with Crippen LogP contribution in [0.1, 0.15) is 26.2 Å². The van der Waals surface area contributed by atoms with Crippen LogP contribution in [-0.2, 0) is 0 Å². The third-order valence-electron chi connectivity index (χ3n) is 2.43. The maximum Gasteiger partial charge on any atom is 0.273 e. The lowest BCUT2D eigenvalue weighted by molar-refractivity contribution is -0.113. The van der Waals surface area contributed by atoms with Crippen molar-refractivity contribution in [2.45, 2.75) is 38.2 Å². The molecular formula is C9H16F2OS. The molecule has 1 N–H and O–H groups in total. The Hall–Kier alpha value is 0.170. The molecule has 0 amide bonds. The lowest BCUT2D eigenvalue weighted by Crippen LogP contribution is -2.34. The molecule has 0 saturated carbocycles. The van der Waals surface area contributed by atoms with Crippen molar-refractivity contribution >= 4 is 11.8 Å². The molecule has 13 heavy (non-hydrogen) atoms. The van der Waals surface area contributed by atoms with Gasteiger partial charge in [-0.25, -0.2) is 8.78 Å². The molecule has 1 saturated heterocycles. The Bertz CT molecular complexity index is 156. The standard InChI is InChI=1S/C9H16F2OS/c1-7(12)9(10,11)5-8-3-2-4-13-6-8/h7-8,12H,2-6H2,1H3. The molecule has 4 heteroatoms. The van der Waals surface area contributed by atoms with Gasteiger partial charge in [0.1, 0.15) is 6.10 Å². The fourth-order valence-electron chi connectivity index (χ4n) is 1.52. The summed E-state index contributed by atoms with van der Waals surface area (Å²) < 4.78 is 26.1. The van der Waals surface area contributed by atoms with Crippen molar-refractivity contribution in [2.24, 2.45) is 5.92 Å². The summed E-state index contributed by atoms with van der Waals surface area (Å²) in [5, 5.41) is 8.85. The smallest absolute Gasteiger partial charge is 0.273 e. The molecule has 1 nitrogen and oxygen atoms in total. The minimum atomic E-state index is -2.90. The molecule has 0 bridgehead atoms. The van der Waals surface area contributed by atoms with Crippen molar-refractivity contribution in [3.05, 3.63) is 0 Å². The van der Waals surface area contributed by atoms with Gasteiger partial charge >= 0.3 is 0 Å². The van der Waals surface area contributed by atoms with E-state index >= 15 is 0 Å². The van der Waals surface area contributed by atoms with Crippen LogP contribution in [0.5, 0.6) is 0 Å². The summed E-state index contributed by atoms with van der Waals surface area (Å²) in [6.07, 6.45) is 0.248. The summed E-state index contributed by atoms with van der Waals surface area (Å²) in [4.78, 5) is 0. The molecule has 78 valence electrons. The van der Waals surface area contributed by atoms with Crippen LogP contribution in [0.2, 0.25) is 0 Å². The Morgan fingerprint density at radius 3 is 2.77 bits per heavy atom. The summed E-state index contributed by atoms with van der Waals surface area (Å²) in [5.74, 6) is -0.898. The highest BCUT2D eigenvalue weighted by atomic mass is 32.2. The summed E-state index contributed by atoms with van der Waals surface area (Å²) in [7, 11) is 0. The van der Waals surface area contributed by atoms with Crippen molar-refractivity contribution in [1.29, 1.82) is 0 Å². The van der Waals surface area contributed by atoms with Gasteiger partial charge in [-0.05, 0) is 37.2 Å². The second-order valence-corrected chi connectivity index (χ2v) is 4.87. The minimum Gasteiger partial charge on any atom is -0.387 e. The van der Waals surface area contributed by atoms with Gasteiger partial charge < -0.3 is 5.11 Å². The van der Waals surface area contributed by atoms with Crippen molar-refractivity contribution in [3.63, 3.8) is 0 Å². The summed E-state index contributed by atoms with van der Waals surface area (Å²) in [5.41, 5.74) is 0. The number of hydrogen-bond donors (Lipinski definition) is 1. The Balaban J connectivity index is 2.37. The van der Waals surface area contributed by atoms with Crippen LogP contribution < -0.4 is 0 Å². The quantitative estimate of drug-likeness (QED) is 0.772. The van der Waals surface area contributed by atoms with Crippen molar-refractivity contribution in [1.82, 2.24) is 0 Å². The van der Waals surface area contributed by atoms with E-state index in [1.54, 1.807) is 11.8 Å². The van der Waals surface area contributed by atoms with E-state index in [9.17, 15) is 8.78 Å². The van der Waals surface area contributed by atoms with Gasteiger partial charge in [0.2, 0.25) is 0 Å². The number of aliphatic hydroxyl groups excluding tert-OH is 1. The zero-order valence-corrected chi connectivity index (χ0v) is 8.62. The van der Waals surface area contributed by atoms with Crippen LogP contribution in [0.4, 0.5) is 8.78 Å². The average molecular weight is 210 g/mol. The van der Waals surface area contributed by atoms with Gasteiger partial charge in [0.05, 0.1) is 0 Å². The maximum absolute atomic E-state index is 13.1. The predicted molar refractivity (Wildman–Crippen MR) is 51.3 cm³/mol. The van der Waals surface area contributed by atoms with Crippen LogP contribution in [0.3, 0.4) is 0 Å². The van der Waals surface area contributed by atoms with Gasteiger partial charge in [-0.1, -0.05) is 0 Å². The molecule has 0 aliphatic carbocycles. The van der Waals surface area contributed by atoms with Crippen molar-refractivity contribution in [2.75, 3.05) is 11.5 Å². The Kier molecular flexibility index (Phi) is 3.98. The van der Waals surface area contributed by atoms with Crippen LogP contribution in [0, 0.1) is 5.92 Å². The molecule has 1 aliphatic heterocycles. The zero-order chi connectivity index (χ0) is 9.90. The van der Waals surface area contributed by atoms with Gasteiger partial charge in [0.25, 0.3) is 5.92 Å². The highest BCUT2D eigenvalue weighted by Crippen LogP contribution is 2.33. The first-order chi connectivity index (χ1) is 6.02. The van der Waals surface area contributed by atoms with Crippen LogP contribution in [0.25, 0.3) is 0 Å². The fourth-order valence-corrected chi connectivity index (χ4v) is 2.68. The van der Waals surface area contributed by atoms with E-state index in [1.807, 2.05) is 0 Å². The first-order valence-electron chi connectivity index (χ1n) is 4.66. The number of thioether (sulfide) groups is 1. The van der Waals surface area contributed by atoms with Gasteiger partial charge in [0.15, 0.2) is 0 Å². The van der Waals surface area contributed by atoms with E-state index in [0.29, 0.717) is 0 Å². The monoisotopic (exact) mass is 210 g/mol. The molecule has 1 heterocycles. The third kappa shape index (κ3) is 3.43. The highest BCUT2D eigenvalue weighted by Gasteiger charge is 2.37. The number of rotatable bonds is 3. The van der Waals surface area contributed by atoms with Gasteiger partial charge in [-0.2, -0.15) is 11.8 Å². The highest BCUT2D eigenvalue weighted by molar-refractivity contribution is 7.99.